The van der Waals surface area contributed by atoms with Crippen molar-refractivity contribution in [3.05, 3.63) is 158 Å². The first-order valence-electron chi connectivity index (χ1n) is 16.8. The van der Waals surface area contributed by atoms with Crippen molar-refractivity contribution < 1.29 is 4.92 Å². The number of hydrogen-bond acceptors (Lipinski definition) is 2. The summed E-state index contributed by atoms with van der Waals surface area (Å²) < 4.78 is 0. The molecule has 2 N–H and O–H groups in total. The number of nitrogens with one attached hydrogen (secondary N) is 2. The first-order valence-corrected chi connectivity index (χ1v) is 17.2. The summed E-state index contributed by atoms with van der Waals surface area (Å²) in [4.78, 5) is 19.5. The summed E-state index contributed by atoms with van der Waals surface area (Å²) >= 11 is 7.24. The van der Waals surface area contributed by atoms with Crippen LogP contribution in [0, 0.1) is 10.1 Å². The molecule has 0 amide bonds. The predicted octanol–water partition coefficient (Wildman–Crippen LogP) is 12.1. The molecule has 49 heavy (non-hydrogen) atoms. The molecule has 0 unspecified atom stereocenters. The van der Waals surface area contributed by atoms with Crippen LogP contribution in [0.15, 0.2) is 115 Å². The minimum absolute atomic E-state index is 0.0236. The Labute approximate surface area is 287 Å². The highest BCUT2D eigenvalue weighted by atomic mass is 35.5. The highest BCUT2D eigenvalue weighted by Crippen LogP contribution is 2.51. The van der Waals surface area contributed by atoms with E-state index >= 15 is 0 Å². The van der Waals surface area contributed by atoms with E-state index < -0.39 is 5.92 Å². The van der Waals surface area contributed by atoms with E-state index in [0.717, 1.165) is 83.9 Å². The molecule has 0 atom stereocenters. The maximum absolute atomic E-state index is 12.4. The molecule has 9 aromatic rings. The Morgan fingerprint density at radius 2 is 1.04 bits per heavy atom. The lowest BCUT2D eigenvalue weighted by Gasteiger charge is -2.29. The van der Waals surface area contributed by atoms with Crippen molar-refractivity contribution >= 4 is 82.4 Å². The Bertz CT molecular complexity index is 2650. The second-order valence-electron chi connectivity index (χ2n) is 12.8. The van der Waals surface area contributed by atoms with Gasteiger partial charge in [0.05, 0.1) is 16.0 Å². The first kappa shape index (κ1) is 29.5. The fourth-order valence-corrected chi connectivity index (χ4v) is 8.72. The second-order valence-corrected chi connectivity index (χ2v) is 13.2. The fraction of sp³-hybridized carbons (Fsp3) is 0.116. The van der Waals surface area contributed by atoms with Crippen molar-refractivity contribution in [2.45, 2.75) is 32.6 Å². The van der Waals surface area contributed by atoms with Gasteiger partial charge in [0.2, 0.25) is 0 Å². The maximum Gasteiger partial charge on any atom is 0.269 e. The number of aromatic amines is 2. The second kappa shape index (κ2) is 11.2. The molecule has 2 aromatic heterocycles. The molecule has 2 heterocycles. The molecule has 0 fully saturated rings. The SMILES string of the molecule is CCc1c(C(c2cc([N+](=O)[O-])ccc2Cl)c2c(CC)c3c4ccccc4[nH]c3c3ccccc23)c2ccccc2c2[nH]c3ccccc3c12. The molecule has 0 aliphatic rings. The van der Waals surface area contributed by atoms with Crippen LogP contribution >= 0.6 is 11.6 Å². The quantitative estimate of drug-likeness (QED) is 0.106. The van der Waals surface area contributed by atoms with E-state index in [1.165, 1.54) is 28.0 Å². The van der Waals surface area contributed by atoms with Gasteiger partial charge in [-0.1, -0.05) is 110 Å². The molecule has 5 nitrogen and oxygen atoms in total. The number of aryl methyl sites for hydroxylation is 2. The van der Waals surface area contributed by atoms with Gasteiger partial charge >= 0.3 is 0 Å². The topological polar surface area (TPSA) is 74.7 Å². The Balaban J connectivity index is 1.56. The van der Waals surface area contributed by atoms with E-state index in [-0.39, 0.29) is 10.6 Å². The molecule has 0 bridgehead atoms. The predicted molar refractivity (Wildman–Crippen MR) is 204 cm³/mol. The van der Waals surface area contributed by atoms with E-state index in [2.05, 4.69) is 121 Å². The molecule has 0 radical (unpaired) electrons. The lowest BCUT2D eigenvalue weighted by atomic mass is 9.74. The summed E-state index contributed by atoms with van der Waals surface area (Å²) in [6, 6.07) is 39.0. The number of nitro benzene ring substituents is 1. The number of nitrogens with zero attached hydrogens (tertiary/aromatic N) is 1. The van der Waals surface area contributed by atoms with Crippen LogP contribution in [0.4, 0.5) is 5.69 Å². The van der Waals surface area contributed by atoms with E-state index in [0.29, 0.717) is 5.02 Å². The highest BCUT2D eigenvalue weighted by Gasteiger charge is 2.32. The van der Waals surface area contributed by atoms with Crippen LogP contribution < -0.4 is 0 Å². The molecule has 0 aliphatic carbocycles. The Morgan fingerprint density at radius 1 is 0.612 bits per heavy atom. The van der Waals surface area contributed by atoms with Crippen LogP contribution in [0.5, 0.6) is 0 Å². The minimum atomic E-state index is -0.414. The van der Waals surface area contributed by atoms with Crippen LogP contribution in [0.3, 0.4) is 0 Å². The van der Waals surface area contributed by atoms with Crippen molar-refractivity contribution in [2.75, 3.05) is 0 Å². The zero-order chi connectivity index (χ0) is 33.4. The zero-order valence-electron chi connectivity index (χ0n) is 27.1. The van der Waals surface area contributed by atoms with Crippen LogP contribution in [0.25, 0.3) is 65.2 Å². The maximum atomic E-state index is 12.4. The normalized spacial score (nSPS) is 12.1. The minimum Gasteiger partial charge on any atom is -0.354 e. The van der Waals surface area contributed by atoms with E-state index in [1.54, 1.807) is 12.1 Å². The van der Waals surface area contributed by atoms with E-state index in [4.69, 9.17) is 11.6 Å². The van der Waals surface area contributed by atoms with Gasteiger partial charge in [0, 0.05) is 66.4 Å². The van der Waals surface area contributed by atoms with Gasteiger partial charge in [-0.25, -0.2) is 0 Å². The van der Waals surface area contributed by atoms with Crippen LogP contribution in [0.1, 0.15) is 47.6 Å². The lowest BCUT2D eigenvalue weighted by Crippen LogP contribution is -2.12. The highest BCUT2D eigenvalue weighted by molar-refractivity contribution is 6.32. The number of benzene rings is 7. The molecular formula is C43H32ClN3O2. The molecule has 238 valence electrons. The van der Waals surface area contributed by atoms with Gasteiger partial charge in [-0.05, 0) is 69.6 Å². The molecule has 0 spiro atoms. The molecule has 0 saturated carbocycles. The van der Waals surface area contributed by atoms with Gasteiger partial charge < -0.3 is 9.97 Å². The Hall–Kier alpha value is -5.65. The smallest absolute Gasteiger partial charge is 0.269 e. The number of H-pyrrole nitrogens is 2. The molecule has 0 aliphatic heterocycles. The lowest BCUT2D eigenvalue weighted by molar-refractivity contribution is -0.384. The van der Waals surface area contributed by atoms with Crippen molar-refractivity contribution in [3.63, 3.8) is 0 Å². The standard InChI is InChI=1S/C43H32ClN3O2/c1-3-25-37(27-13-5-7-15-29(27)42-39(25)31-17-9-11-19-35(31)45-42)41(33-23-24(47(48)49)21-22-34(33)44)38-26(4-2)40-32-18-10-12-20-36(32)46-43(40)30-16-8-6-14-28(30)38/h5-23,41,45-46H,3-4H2,1-2H3. The molecule has 0 saturated heterocycles. The molecular weight excluding hydrogens is 626 g/mol. The summed E-state index contributed by atoms with van der Waals surface area (Å²) in [6.07, 6.45) is 1.52. The van der Waals surface area contributed by atoms with Crippen LogP contribution in [-0.4, -0.2) is 14.9 Å². The summed E-state index contributed by atoms with van der Waals surface area (Å²) in [5.41, 5.74) is 9.83. The van der Waals surface area contributed by atoms with Crippen LogP contribution in [-0.2, 0) is 12.8 Å². The largest absolute Gasteiger partial charge is 0.354 e. The van der Waals surface area contributed by atoms with Gasteiger partial charge in [0.15, 0.2) is 0 Å². The fourth-order valence-electron chi connectivity index (χ4n) is 8.50. The van der Waals surface area contributed by atoms with Crippen molar-refractivity contribution in [1.82, 2.24) is 9.97 Å². The molecule has 9 rings (SSSR count). The molecule has 6 heteroatoms. The number of hydrogen-bond donors (Lipinski definition) is 2. The number of nitro groups is 1. The number of non-ortho nitro benzene ring substituents is 1. The molecule has 7 aromatic carbocycles. The van der Waals surface area contributed by atoms with E-state index in [1.807, 2.05) is 0 Å². The number of rotatable bonds is 6. The van der Waals surface area contributed by atoms with Gasteiger partial charge in [0.1, 0.15) is 0 Å². The monoisotopic (exact) mass is 657 g/mol. The van der Waals surface area contributed by atoms with Crippen molar-refractivity contribution in [1.29, 1.82) is 0 Å². The summed E-state index contributed by atoms with van der Waals surface area (Å²) in [5, 5.41) is 22.0. The van der Waals surface area contributed by atoms with E-state index in [9.17, 15) is 10.1 Å². The first-order chi connectivity index (χ1) is 24.0. The van der Waals surface area contributed by atoms with Gasteiger partial charge in [0.25, 0.3) is 5.69 Å². The number of aromatic nitrogens is 2. The third kappa shape index (κ3) is 4.25. The van der Waals surface area contributed by atoms with Crippen molar-refractivity contribution in [2.24, 2.45) is 0 Å². The summed E-state index contributed by atoms with van der Waals surface area (Å²) in [6.45, 7) is 4.42. The third-order valence-electron chi connectivity index (χ3n) is 10.4. The Morgan fingerprint density at radius 3 is 1.49 bits per heavy atom. The number of fused-ring (bicyclic) bond motifs is 10. The summed E-state index contributed by atoms with van der Waals surface area (Å²) in [5.74, 6) is -0.414. The summed E-state index contributed by atoms with van der Waals surface area (Å²) in [7, 11) is 0. The number of halogens is 1. The number of para-hydroxylation sites is 2. The Kier molecular flexibility index (Phi) is 6.75. The van der Waals surface area contributed by atoms with Crippen LogP contribution in [0.2, 0.25) is 5.02 Å². The van der Waals surface area contributed by atoms with Gasteiger partial charge in [-0.2, -0.15) is 0 Å². The van der Waals surface area contributed by atoms with Gasteiger partial charge in [-0.15, -0.1) is 0 Å². The zero-order valence-corrected chi connectivity index (χ0v) is 27.9. The average Bonchev–Trinajstić information content (AvgIpc) is 3.72. The van der Waals surface area contributed by atoms with Gasteiger partial charge in [-0.3, -0.25) is 10.1 Å². The van der Waals surface area contributed by atoms with Crippen molar-refractivity contribution in [3.8, 4) is 0 Å². The third-order valence-corrected chi connectivity index (χ3v) is 10.8. The average molecular weight is 658 g/mol.